The number of hydrogen-bond acceptors (Lipinski definition) is 2. The van der Waals surface area contributed by atoms with E-state index in [-0.39, 0.29) is 16.7 Å². The number of halogens is 3. The number of carbonyl (C=O) groups excluding carboxylic acids is 1. The zero-order chi connectivity index (χ0) is 12.9. The fourth-order valence-corrected chi connectivity index (χ4v) is 3.18. The van der Waals surface area contributed by atoms with Crippen molar-refractivity contribution >= 4 is 21.7 Å². The minimum atomic E-state index is -0.817. The maximum Gasteiger partial charge on any atom is 0.174 e. The number of ether oxygens (including phenoxy) is 1. The van der Waals surface area contributed by atoms with E-state index in [1.54, 1.807) is 0 Å². The summed E-state index contributed by atoms with van der Waals surface area (Å²) in [6.07, 6.45) is 2.24. The molecule has 3 rings (SSSR count). The van der Waals surface area contributed by atoms with Gasteiger partial charge in [0.15, 0.2) is 11.6 Å². The first kappa shape index (κ1) is 12.2. The maximum atomic E-state index is 13.9. The molecule has 0 aromatic heterocycles. The molecule has 2 aliphatic heterocycles. The Hall–Kier alpha value is -0.810. The summed E-state index contributed by atoms with van der Waals surface area (Å²) in [5, 5.41) is 0. The van der Waals surface area contributed by atoms with E-state index in [1.807, 2.05) is 0 Å². The summed E-state index contributed by atoms with van der Waals surface area (Å²) in [4.78, 5) is 12.2. The van der Waals surface area contributed by atoms with Crippen LogP contribution in [0.25, 0.3) is 0 Å². The summed E-state index contributed by atoms with van der Waals surface area (Å²) in [5.41, 5.74) is -0.439. The van der Waals surface area contributed by atoms with Gasteiger partial charge in [-0.1, -0.05) is 0 Å². The molecule has 2 saturated heterocycles. The SMILES string of the molecule is O=C(c1c(F)ccc(Br)c1F)C1CC2CCC1O2. The molecule has 0 saturated carbocycles. The molecule has 0 radical (unpaired) electrons. The average Bonchev–Trinajstić information content (AvgIpc) is 2.96. The van der Waals surface area contributed by atoms with E-state index in [2.05, 4.69) is 15.9 Å². The Bertz CT molecular complexity index is 518. The lowest BCUT2D eigenvalue weighted by Crippen LogP contribution is -2.27. The summed E-state index contributed by atoms with van der Waals surface area (Å²) < 4.78 is 33.2. The van der Waals surface area contributed by atoms with Crippen LogP contribution in [0.15, 0.2) is 16.6 Å². The third-order valence-corrected chi connectivity index (χ3v) is 4.35. The van der Waals surface area contributed by atoms with E-state index in [0.717, 1.165) is 18.9 Å². The Morgan fingerprint density at radius 2 is 2.11 bits per heavy atom. The van der Waals surface area contributed by atoms with Crippen molar-refractivity contribution in [3.8, 4) is 0 Å². The lowest BCUT2D eigenvalue weighted by molar-refractivity contribution is 0.0737. The van der Waals surface area contributed by atoms with Gasteiger partial charge in [-0.3, -0.25) is 4.79 Å². The van der Waals surface area contributed by atoms with Gasteiger partial charge in [0.2, 0.25) is 0 Å². The lowest BCUT2D eigenvalue weighted by atomic mass is 9.83. The van der Waals surface area contributed by atoms with Gasteiger partial charge in [-0.2, -0.15) is 0 Å². The van der Waals surface area contributed by atoms with E-state index >= 15 is 0 Å². The first-order valence-corrected chi connectivity index (χ1v) is 6.70. The molecule has 2 heterocycles. The largest absolute Gasteiger partial charge is 0.374 e. The van der Waals surface area contributed by atoms with Gasteiger partial charge in [-0.25, -0.2) is 8.78 Å². The van der Waals surface area contributed by atoms with Crippen LogP contribution < -0.4 is 0 Å². The summed E-state index contributed by atoms with van der Waals surface area (Å²) in [7, 11) is 0. The van der Waals surface area contributed by atoms with Gasteiger partial charge in [0.05, 0.1) is 28.2 Å². The van der Waals surface area contributed by atoms with Crippen molar-refractivity contribution in [2.45, 2.75) is 31.5 Å². The van der Waals surface area contributed by atoms with Crippen LogP contribution in [0.3, 0.4) is 0 Å². The lowest BCUT2D eigenvalue weighted by Gasteiger charge is -2.18. The Morgan fingerprint density at radius 1 is 1.33 bits per heavy atom. The van der Waals surface area contributed by atoms with Crippen LogP contribution in [-0.4, -0.2) is 18.0 Å². The van der Waals surface area contributed by atoms with Crippen molar-refractivity contribution in [1.29, 1.82) is 0 Å². The molecule has 3 atom stereocenters. The van der Waals surface area contributed by atoms with Crippen molar-refractivity contribution in [3.05, 3.63) is 33.8 Å². The third kappa shape index (κ3) is 1.80. The van der Waals surface area contributed by atoms with Gasteiger partial charge < -0.3 is 4.74 Å². The molecule has 0 aliphatic carbocycles. The molecule has 2 aliphatic rings. The number of hydrogen-bond donors (Lipinski definition) is 0. The van der Waals surface area contributed by atoms with Crippen LogP contribution in [0, 0.1) is 17.6 Å². The second-order valence-electron chi connectivity index (χ2n) is 4.80. The highest BCUT2D eigenvalue weighted by Gasteiger charge is 2.45. The summed E-state index contributed by atoms with van der Waals surface area (Å²) >= 11 is 2.97. The molecular formula is C13H11BrF2O2. The fourth-order valence-electron chi connectivity index (χ4n) is 2.85. The highest BCUT2D eigenvalue weighted by atomic mass is 79.9. The molecule has 2 fully saturated rings. The Labute approximate surface area is 111 Å². The molecule has 2 nitrogen and oxygen atoms in total. The van der Waals surface area contributed by atoms with E-state index < -0.39 is 28.9 Å². The van der Waals surface area contributed by atoms with Crippen LogP contribution in [0.4, 0.5) is 8.78 Å². The number of benzene rings is 1. The standard InChI is InChI=1S/C13H11BrF2O2/c14-8-2-3-9(15)11(12(8)16)13(17)7-5-6-1-4-10(7)18-6/h2-3,6-7,10H,1,4-5H2. The number of fused-ring (bicyclic) bond motifs is 2. The van der Waals surface area contributed by atoms with Crippen LogP contribution in [-0.2, 0) is 4.74 Å². The van der Waals surface area contributed by atoms with Gasteiger partial charge in [0.25, 0.3) is 0 Å². The number of rotatable bonds is 2. The molecule has 1 aromatic rings. The Morgan fingerprint density at radius 3 is 2.72 bits per heavy atom. The van der Waals surface area contributed by atoms with Crippen molar-refractivity contribution in [2.24, 2.45) is 5.92 Å². The molecule has 1 aromatic carbocycles. The smallest absolute Gasteiger partial charge is 0.174 e. The molecule has 18 heavy (non-hydrogen) atoms. The first-order valence-electron chi connectivity index (χ1n) is 5.91. The normalized spacial score (nSPS) is 29.8. The van der Waals surface area contributed by atoms with Crippen LogP contribution in [0.1, 0.15) is 29.6 Å². The number of ketones is 1. The average molecular weight is 317 g/mol. The van der Waals surface area contributed by atoms with Gasteiger partial charge in [0.1, 0.15) is 5.82 Å². The predicted molar refractivity (Wildman–Crippen MR) is 64.4 cm³/mol. The Balaban J connectivity index is 1.96. The van der Waals surface area contributed by atoms with Crippen molar-refractivity contribution < 1.29 is 18.3 Å². The summed E-state index contributed by atoms with van der Waals surface area (Å²) in [5.74, 6) is -2.49. The zero-order valence-corrected chi connectivity index (χ0v) is 11.0. The molecule has 96 valence electrons. The second kappa shape index (κ2) is 4.38. The fraction of sp³-hybridized carbons (Fsp3) is 0.462. The monoisotopic (exact) mass is 316 g/mol. The minimum Gasteiger partial charge on any atom is -0.374 e. The molecule has 0 N–H and O–H groups in total. The quantitative estimate of drug-likeness (QED) is 0.617. The predicted octanol–water partition coefficient (Wildman–Crippen LogP) is 3.48. The van der Waals surface area contributed by atoms with Crippen LogP contribution >= 0.6 is 15.9 Å². The highest BCUT2D eigenvalue weighted by Crippen LogP contribution is 2.41. The Kier molecular flexibility index (Phi) is 2.98. The molecule has 2 bridgehead atoms. The first-order chi connectivity index (χ1) is 8.58. The number of Topliss-reactive ketones (excluding diaryl/α,β-unsaturated/α-hetero) is 1. The number of carbonyl (C=O) groups is 1. The van der Waals surface area contributed by atoms with Crippen LogP contribution in [0.2, 0.25) is 0 Å². The third-order valence-electron chi connectivity index (χ3n) is 3.73. The zero-order valence-electron chi connectivity index (χ0n) is 9.46. The van der Waals surface area contributed by atoms with Gasteiger partial charge >= 0.3 is 0 Å². The maximum absolute atomic E-state index is 13.9. The molecule has 3 unspecified atom stereocenters. The second-order valence-corrected chi connectivity index (χ2v) is 5.65. The van der Waals surface area contributed by atoms with Crippen molar-refractivity contribution in [1.82, 2.24) is 0 Å². The summed E-state index contributed by atoms with van der Waals surface area (Å²) in [6, 6.07) is 2.37. The molecule has 0 amide bonds. The van der Waals surface area contributed by atoms with E-state index in [1.165, 1.54) is 6.07 Å². The van der Waals surface area contributed by atoms with Gasteiger partial charge in [-0.05, 0) is 47.3 Å². The molecule has 0 spiro atoms. The van der Waals surface area contributed by atoms with Crippen LogP contribution in [0.5, 0.6) is 0 Å². The highest BCUT2D eigenvalue weighted by molar-refractivity contribution is 9.10. The summed E-state index contributed by atoms with van der Waals surface area (Å²) in [6.45, 7) is 0. The van der Waals surface area contributed by atoms with E-state index in [4.69, 9.17) is 4.74 Å². The van der Waals surface area contributed by atoms with E-state index in [0.29, 0.717) is 6.42 Å². The van der Waals surface area contributed by atoms with Crippen molar-refractivity contribution in [3.63, 3.8) is 0 Å². The van der Waals surface area contributed by atoms with Gasteiger partial charge in [-0.15, -0.1) is 0 Å². The molecular weight excluding hydrogens is 306 g/mol. The van der Waals surface area contributed by atoms with Crippen molar-refractivity contribution in [2.75, 3.05) is 0 Å². The van der Waals surface area contributed by atoms with E-state index in [9.17, 15) is 13.6 Å². The topological polar surface area (TPSA) is 26.3 Å². The molecule has 5 heteroatoms. The minimum absolute atomic E-state index is 0.0854. The van der Waals surface area contributed by atoms with Gasteiger partial charge in [0, 0.05) is 0 Å².